The topological polar surface area (TPSA) is 33.1 Å². The summed E-state index contributed by atoms with van der Waals surface area (Å²) in [7, 11) is 0. The van der Waals surface area contributed by atoms with Gasteiger partial charge in [-0.05, 0) is 18.2 Å². The zero-order chi connectivity index (χ0) is 11.9. The monoisotopic (exact) mass is 279 g/mol. The first-order chi connectivity index (χ1) is 7.39. The zero-order valence-corrected chi connectivity index (χ0v) is 11.2. The van der Waals surface area contributed by atoms with Crippen LogP contribution in [-0.4, -0.2) is 10.1 Å². The Morgan fingerprint density at radius 2 is 1.94 bits per heavy atom. The lowest BCUT2D eigenvalue weighted by Crippen LogP contribution is -2.13. The summed E-state index contributed by atoms with van der Waals surface area (Å²) in [5.41, 5.74) is 1.48. The molecule has 1 heterocycles. The number of fused-ring (bicyclic) bond motifs is 1. The van der Waals surface area contributed by atoms with Crippen molar-refractivity contribution in [2.75, 3.05) is 0 Å². The Labute approximate surface area is 103 Å². The maximum Gasteiger partial charge on any atom is 0.138 e. The molecule has 1 N–H and O–H groups in total. The van der Waals surface area contributed by atoms with Gasteiger partial charge in [0.2, 0.25) is 0 Å². The molecule has 1 aromatic heterocycles. The molecule has 2 nitrogen and oxygen atoms in total. The summed E-state index contributed by atoms with van der Waals surface area (Å²) < 4.78 is 0.952. The average Bonchev–Trinajstić information content (AvgIpc) is 2.17. The van der Waals surface area contributed by atoms with Crippen molar-refractivity contribution >= 4 is 26.8 Å². The van der Waals surface area contributed by atoms with E-state index in [1.54, 1.807) is 6.07 Å². The Morgan fingerprint density at radius 3 is 2.56 bits per heavy atom. The predicted molar refractivity (Wildman–Crippen MR) is 69.8 cm³/mol. The predicted octanol–water partition coefficient (Wildman–Crippen LogP) is 4.00. The minimum absolute atomic E-state index is 0.152. The van der Waals surface area contributed by atoms with Crippen molar-refractivity contribution in [3.8, 4) is 5.75 Å². The number of rotatable bonds is 0. The molecule has 0 atom stereocenters. The van der Waals surface area contributed by atoms with Crippen LogP contribution in [0, 0.1) is 0 Å². The SMILES string of the molecule is CC(C)(C)c1nc2cccc(Br)c2cc1O. The van der Waals surface area contributed by atoms with Gasteiger partial charge in [-0.1, -0.05) is 42.8 Å². The Kier molecular flexibility index (Phi) is 2.66. The second kappa shape index (κ2) is 3.74. The van der Waals surface area contributed by atoms with Gasteiger partial charge in [-0.3, -0.25) is 0 Å². The lowest BCUT2D eigenvalue weighted by atomic mass is 9.90. The van der Waals surface area contributed by atoms with E-state index in [1.165, 1.54) is 0 Å². The highest BCUT2D eigenvalue weighted by molar-refractivity contribution is 9.10. The average molecular weight is 280 g/mol. The van der Waals surface area contributed by atoms with Crippen LogP contribution >= 0.6 is 15.9 Å². The molecule has 2 rings (SSSR count). The standard InChI is InChI=1S/C13H14BrNO/c1-13(2,3)12-11(16)7-8-9(14)5-4-6-10(8)15-12/h4-7,16H,1-3H3. The highest BCUT2D eigenvalue weighted by Crippen LogP contribution is 2.33. The molecular weight excluding hydrogens is 266 g/mol. The van der Waals surface area contributed by atoms with Crippen LogP contribution in [0.25, 0.3) is 10.9 Å². The first-order valence-electron chi connectivity index (χ1n) is 5.18. The Hall–Kier alpha value is -1.09. The molecule has 0 aliphatic rings. The van der Waals surface area contributed by atoms with Crippen LogP contribution in [0.3, 0.4) is 0 Å². The number of halogens is 1. The van der Waals surface area contributed by atoms with E-state index in [0.29, 0.717) is 0 Å². The van der Waals surface area contributed by atoms with Gasteiger partial charge in [0.1, 0.15) is 5.75 Å². The Morgan fingerprint density at radius 1 is 1.25 bits per heavy atom. The highest BCUT2D eigenvalue weighted by Gasteiger charge is 2.20. The molecule has 0 amide bonds. The number of aromatic nitrogens is 1. The third-order valence-electron chi connectivity index (χ3n) is 2.50. The second-order valence-electron chi connectivity index (χ2n) is 4.91. The normalized spacial score (nSPS) is 12.0. The minimum atomic E-state index is -0.152. The number of benzene rings is 1. The smallest absolute Gasteiger partial charge is 0.138 e. The van der Waals surface area contributed by atoms with Crippen LogP contribution in [0.15, 0.2) is 28.7 Å². The zero-order valence-electron chi connectivity index (χ0n) is 9.58. The van der Waals surface area contributed by atoms with Gasteiger partial charge in [-0.15, -0.1) is 0 Å². The van der Waals surface area contributed by atoms with Gasteiger partial charge in [-0.25, -0.2) is 4.98 Å². The summed E-state index contributed by atoms with van der Waals surface area (Å²) >= 11 is 3.45. The van der Waals surface area contributed by atoms with E-state index < -0.39 is 0 Å². The fraction of sp³-hybridized carbons (Fsp3) is 0.308. The molecule has 16 heavy (non-hydrogen) atoms. The van der Waals surface area contributed by atoms with Crippen molar-refractivity contribution in [2.45, 2.75) is 26.2 Å². The van der Waals surface area contributed by atoms with Gasteiger partial charge >= 0.3 is 0 Å². The van der Waals surface area contributed by atoms with Gasteiger partial charge in [0, 0.05) is 15.3 Å². The van der Waals surface area contributed by atoms with E-state index in [9.17, 15) is 5.11 Å². The maximum absolute atomic E-state index is 9.99. The summed E-state index contributed by atoms with van der Waals surface area (Å²) in [6, 6.07) is 7.62. The highest BCUT2D eigenvalue weighted by atomic mass is 79.9. The molecule has 0 saturated heterocycles. The lowest BCUT2D eigenvalue weighted by molar-refractivity contribution is 0.440. The number of aromatic hydroxyl groups is 1. The van der Waals surface area contributed by atoms with E-state index in [0.717, 1.165) is 21.1 Å². The molecule has 84 valence electrons. The summed E-state index contributed by atoms with van der Waals surface area (Å²) in [6.45, 7) is 6.12. The van der Waals surface area contributed by atoms with Crippen molar-refractivity contribution < 1.29 is 5.11 Å². The van der Waals surface area contributed by atoms with Crippen molar-refractivity contribution in [3.05, 3.63) is 34.4 Å². The van der Waals surface area contributed by atoms with Crippen molar-refractivity contribution in [3.63, 3.8) is 0 Å². The first-order valence-corrected chi connectivity index (χ1v) is 5.97. The van der Waals surface area contributed by atoms with Crippen LogP contribution in [-0.2, 0) is 5.41 Å². The van der Waals surface area contributed by atoms with Crippen molar-refractivity contribution in [1.82, 2.24) is 4.98 Å². The third kappa shape index (κ3) is 1.92. The van der Waals surface area contributed by atoms with Crippen molar-refractivity contribution in [1.29, 1.82) is 0 Å². The van der Waals surface area contributed by atoms with Gasteiger partial charge in [0.25, 0.3) is 0 Å². The number of pyridine rings is 1. The Balaban J connectivity index is 2.78. The molecule has 0 bridgehead atoms. The first kappa shape index (κ1) is 11.4. The summed E-state index contributed by atoms with van der Waals surface area (Å²) in [6.07, 6.45) is 0. The van der Waals surface area contributed by atoms with E-state index in [4.69, 9.17) is 0 Å². The van der Waals surface area contributed by atoms with E-state index in [1.807, 2.05) is 39.0 Å². The van der Waals surface area contributed by atoms with Gasteiger partial charge < -0.3 is 5.11 Å². The molecule has 0 aliphatic heterocycles. The van der Waals surface area contributed by atoms with Crippen LogP contribution in [0.4, 0.5) is 0 Å². The van der Waals surface area contributed by atoms with Crippen molar-refractivity contribution in [2.24, 2.45) is 0 Å². The molecular formula is C13H14BrNO. The number of hydrogen-bond acceptors (Lipinski definition) is 2. The molecule has 1 aromatic carbocycles. The van der Waals surface area contributed by atoms with Crippen LogP contribution in [0.2, 0.25) is 0 Å². The molecule has 0 fully saturated rings. The van der Waals surface area contributed by atoms with Gasteiger partial charge in [-0.2, -0.15) is 0 Å². The van der Waals surface area contributed by atoms with Crippen LogP contribution < -0.4 is 0 Å². The molecule has 3 heteroatoms. The van der Waals surface area contributed by atoms with Crippen LogP contribution in [0.1, 0.15) is 26.5 Å². The van der Waals surface area contributed by atoms with Gasteiger partial charge in [0.15, 0.2) is 0 Å². The quantitative estimate of drug-likeness (QED) is 0.791. The Bertz CT molecular complexity index is 543. The molecule has 0 unspecified atom stereocenters. The van der Waals surface area contributed by atoms with E-state index in [2.05, 4.69) is 20.9 Å². The minimum Gasteiger partial charge on any atom is -0.506 e. The molecule has 2 aromatic rings. The van der Waals surface area contributed by atoms with E-state index in [-0.39, 0.29) is 11.2 Å². The second-order valence-corrected chi connectivity index (χ2v) is 5.77. The summed E-state index contributed by atoms with van der Waals surface area (Å²) in [4.78, 5) is 4.53. The lowest BCUT2D eigenvalue weighted by Gasteiger charge is -2.19. The fourth-order valence-corrected chi connectivity index (χ4v) is 2.17. The number of hydrogen-bond donors (Lipinski definition) is 1. The molecule has 0 spiro atoms. The van der Waals surface area contributed by atoms with Gasteiger partial charge in [0.05, 0.1) is 11.2 Å². The largest absolute Gasteiger partial charge is 0.506 e. The summed E-state index contributed by atoms with van der Waals surface area (Å²) in [5, 5.41) is 10.9. The van der Waals surface area contributed by atoms with Crippen LogP contribution in [0.5, 0.6) is 5.75 Å². The molecule has 0 saturated carbocycles. The summed E-state index contributed by atoms with van der Waals surface area (Å²) in [5.74, 6) is 0.256. The fourth-order valence-electron chi connectivity index (χ4n) is 1.70. The maximum atomic E-state index is 9.99. The molecule has 0 radical (unpaired) electrons. The number of nitrogens with zero attached hydrogens (tertiary/aromatic N) is 1. The van der Waals surface area contributed by atoms with E-state index >= 15 is 0 Å². The third-order valence-corrected chi connectivity index (χ3v) is 3.19. The molecule has 0 aliphatic carbocycles.